The standard InChI is InChI=1S/C17H22N2O2S/c1-3-4-9-21-17(20)15-14(18)13-12-8-6-5-7-11(12)10(2)19-16(13)22-15/h3-9,18H2,1-2H3. The van der Waals surface area contributed by atoms with Crippen LogP contribution in [0.25, 0.3) is 10.2 Å². The van der Waals surface area contributed by atoms with Crippen molar-refractivity contribution < 1.29 is 9.53 Å². The van der Waals surface area contributed by atoms with Crippen LogP contribution >= 0.6 is 11.3 Å². The normalized spacial score (nSPS) is 14.1. The van der Waals surface area contributed by atoms with E-state index in [2.05, 4.69) is 18.8 Å². The molecule has 2 heterocycles. The highest BCUT2D eigenvalue weighted by atomic mass is 32.1. The molecule has 0 bridgehead atoms. The zero-order valence-electron chi connectivity index (χ0n) is 13.2. The number of rotatable bonds is 4. The number of nitrogens with zero attached hydrogens (tertiary/aromatic N) is 1. The monoisotopic (exact) mass is 318 g/mol. The van der Waals surface area contributed by atoms with Crippen molar-refractivity contribution in [1.29, 1.82) is 0 Å². The van der Waals surface area contributed by atoms with E-state index in [1.165, 1.54) is 35.3 Å². The fraction of sp³-hybridized carbons (Fsp3) is 0.529. The number of unbranched alkanes of at least 4 members (excludes halogenated alkanes) is 1. The summed E-state index contributed by atoms with van der Waals surface area (Å²) >= 11 is 1.37. The number of hydrogen-bond acceptors (Lipinski definition) is 5. The summed E-state index contributed by atoms with van der Waals surface area (Å²) in [6.07, 6.45) is 6.36. The maximum Gasteiger partial charge on any atom is 0.350 e. The minimum atomic E-state index is -0.309. The first-order valence-corrected chi connectivity index (χ1v) is 8.82. The third kappa shape index (κ3) is 2.58. The lowest BCUT2D eigenvalue weighted by Crippen LogP contribution is -2.08. The van der Waals surface area contributed by atoms with Crippen LogP contribution in [0.3, 0.4) is 0 Å². The molecule has 1 aliphatic carbocycles. The van der Waals surface area contributed by atoms with Crippen molar-refractivity contribution in [3.05, 3.63) is 21.7 Å². The molecule has 2 N–H and O–H groups in total. The Kier molecular flexibility index (Phi) is 4.34. The molecule has 0 saturated carbocycles. The van der Waals surface area contributed by atoms with Crippen molar-refractivity contribution in [2.24, 2.45) is 0 Å². The molecule has 0 aromatic carbocycles. The van der Waals surface area contributed by atoms with Crippen LogP contribution in [0.1, 0.15) is 59.1 Å². The van der Waals surface area contributed by atoms with Gasteiger partial charge in [-0.25, -0.2) is 9.78 Å². The van der Waals surface area contributed by atoms with Crippen molar-refractivity contribution in [3.8, 4) is 0 Å². The van der Waals surface area contributed by atoms with E-state index in [-0.39, 0.29) is 5.97 Å². The second kappa shape index (κ2) is 6.24. The fourth-order valence-corrected chi connectivity index (χ4v) is 4.19. The van der Waals surface area contributed by atoms with Gasteiger partial charge in [-0.3, -0.25) is 0 Å². The second-order valence-electron chi connectivity index (χ2n) is 5.88. The molecule has 0 saturated heterocycles. The van der Waals surface area contributed by atoms with Crippen molar-refractivity contribution >= 4 is 33.2 Å². The summed E-state index contributed by atoms with van der Waals surface area (Å²) in [5, 5.41) is 0.993. The summed E-state index contributed by atoms with van der Waals surface area (Å²) in [6.45, 7) is 4.58. The zero-order chi connectivity index (χ0) is 15.7. The van der Waals surface area contributed by atoms with Gasteiger partial charge in [0, 0.05) is 11.1 Å². The summed E-state index contributed by atoms with van der Waals surface area (Å²) in [4.78, 5) is 18.3. The van der Waals surface area contributed by atoms with E-state index in [0.29, 0.717) is 17.2 Å². The molecule has 3 rings (SSSR count). The molecule has 0 radical (unpaired) electrons. The fourth-order valence-electron chi connectivity index (χ4n) is 3.13. The Morgan fingerprint density at radius 1 is 1.32 bits per heavy atom. The number of pyridine rings is 1. The van der Waals surface area contributed by atoms with Crippen LogP contribution < -0.4 is 5.73 Å². The Morgan fingerprint density at radius 2 is 2.05 bits per heavy atom. The molecule has 0 atom stereocenters. The van der Waals surface area contributed by atoms with Gasteiger partial charge in [0.2, 0.25) is 0 Å². The van der Waals surface area contributed by atoms with Crippen LogP contribution in [0.4, 0.5) is 5.69 Å². The summed E-state index contributed by atoms with van der Waals surface area (Å²) < 4.78 is 5.32. The molecule has 0 aliphatic heterocycles. The van der Waals surface area contributed by atoms with E-state index < -0.39 is 0 Å². The number of aryl methyl sites for hydroxylation is 2. The van der Waals surface area contributed by atoms with Gasteiger partial charge in [-0.15, -0.1) is 11.3 Å². The minimum absolute atomic E-state index is 0.309. The number of ether oxygens (including phenoxy) is 1. The first-order chi connectivity index (χ1) is 10.6. The predicted octanol–water partition coefficient (Wildman–Crippen LogP) is 4.02. The molecule has 0 amide bonds. The number of esters is 1. The highest BCUT2D eigenvalue weighted by molar-refractivity contribution is 7.21. The molecule has 2 aromatic heterocycles. The van der Waals surface area contributed by atoms with Crippen LogP contribution in [-0.2, 0) is 17.6 Å². The Labute approximate surface area is 134 Å². The largest absolute Gasteiger partial charge is 0.461 e. The van der Waals surface area contributed by atoms with E-state index in [9.17, 15) is 4.79 Å². The average molecular weight is 318 g/mol. The van der Waals surface area contributed by atoms with E-state index >= 15 is 0 Å². The Hall–Kier alpha value is -1.62. The van der Waals surface area contributed by atoms with E-state index in [0.717, 1.165) is 41.6 Å². The van der Waals surface area contributed by atoms with Crippen molar-refractivity contribution in [1.82, 2.24) is 4.98 Å². The van der Waals surface area contributed by atoms with Crippen molar-refractivity contribution in [3.63, 3.8) is 0 Å². The van der Waals surface area contributed by atoms with Gasteiger partial charge < -0.3 is 10.5 Å². The number of fused-ring (bicyclic) bond motifs is 3. The molecular weight excluding hydrogens is 296 g/mol. The summed E-state index contributed by atoms with van der Waals surface area (Å²) in [5.41, 5.74) is 10.6. The number of carbonyl (C=O) groups excluding carboxylic acids is 1. The summed E-state index contributed by atoms with van der Waals surface area (Å²) in [5.74, 6) is -0.309. The second-order valence-corrected chi connectivity index (χ2v) is 6.87. The van der Waals surface area contributed by atoms with Gasteiger partial charge in [-0.1, -0.05) is 13.3 Å². The summed E-state index contributed by atoms with van der Waals surface area (Å²) in [7, 11) is 0. The van der Waals surface area contributed by atoms with E-state index in [1.54, 1.807) is 0 Å². The van der Waals surface area contributed by atoms with Crippen LogP contribution in [0.5, 0.6) is 0 Å². The first kappa shape index (κ1) is 15.3. The lowest BCUT2D eigenvalue weighted by molar-refractivity contribution is 0.0506. The molecule has 0 fully saturated rings. The molecule has 4 nitrogen and oxygen atoms in total. The zero-order valence-corrected chi connectivity index (χ0v) is 14.0. The van der Waals surface area contributed by atoms with E-state index in [1.807, 2.05) is 0 Å². The van der Waals surface area contributed by atoms with Gasteiger partial charge in [-0.05, 0) is 50.2 Å². The molecular formula is C17H22N2O2S. The molecule has 2 aromatic rings. The highest BCUT2D eigenvalue weighted by Crippen LogP contribution is 2.39. The Morgan fingerprint density at radius 3 is 2.77 bits per heavy atom. The predicted molar refractivity (Wildman–Crippen MR) is 90.6 cm³/mol. The van der Waals surface area contributed by atoms with Gasteiger partial charge in [-0.2, -0.15) is 0 Å². The smallest absolute Gasteiger partial charge is 0.350 e. The van der Waals surface area contributed by atoms with Crippen LogP contribution in [0.2, 0.25) is 0 Å². The number of hydrogen-bond donors (Lipinski definition) is 1. The maximum atomic E-state index is 12.2. The van der Waals surface area contributed by atoms with Crippen molar-refractivity contribution in [2.45, 2.75) is 52.4 Å². The molecule has 5 heteroatoms. The molecule has 0 unspecified atom stereocenters. The average Bonchev–Trinajstić information content (AvgIpc) is 2.85. The number of aromatic nitrogens is 1. The Bertz CT molecular complexity index is 721. The maximum absolute atomic E-state index is 12.2. The Balaban J connectivity index is 2.04. The summed E-state index contributed by atoms with van der Waals surface area (Å²) in [6, 6.07) is 0. The number of carbonyl (C=O) groups is 1. The number of anilines is 1. The third-order valence-electron chi connectivity index (χ3n) is 4.32. The highest BCUT2D eigenvalue weighted by Gasteiger charge is 2.24. The number of nitrogen functional groups attached to an aromatic ring is 1. The van der Waals surface area contributed by atoms with Gasteiger partial charge in [0.1, 0.15) is 9.71 Å². The third-order valence-corrected chi connectivity index (χ3v) is 5.40. The van der Waals surface area contributed by atoms with Gasteiger partial charge in [0.25, 0.3) is 0 Å². The van der Waals surface area contributed by atoms with Gasteiger partial charge >= 0.3 is 5.97 Å². The van der Waals surface area contributed by atoms with Gasteiger partial charge in [0.15, 0.2) is 0 Å². The first-order valence-electron chi connectivity index (χ1n) is 8.01. The molecule has 0 spiro atoms. The lowest BCUT2D eigenvalue weighted by Gasteiger charge is -2.18. The SMILES string of the molecule is CCCCOC(=O)c1sc2nc(C)c3c(c2c1N)CCCC3. The minimum Gasteiger partial charge on any atom is -0.461 e. The van der Waals surface area contributed by atoms with Crippen LogP contribution in [0.15, 0.2) is 0 Å². The van der Waals surface area contributed by atoms with Crippen LogP contribution in [-0.4, -0.2) is 17.6 Å². The van der Waals surface area contributed by atoms with E-state index in [4.69, 9.17) is 10.5 Å². The number of thiophene rings is 1. The number of nitrogens with two attached hydrogens (primary N) is 1. The molecule has 1 aliphatic rings. The van der Waals surface area contributed by atoms with Crippen LogP contribution in [0, 0.1) is 6.92 Å². The topological polar surface area (TPSA) is 65.2 Å². The lowest BCUT2D eigenvalue weighted by atomic mass is 9.89. The quantitative estimate of drug-likeness (QED) is 0.683. The molecule has 22 heavy (non-hydrogen) atoms. The molecule has 118 valence electrons. The van der Waals surface area contributed by atoms with Crippen molar-refractivity contribution in [2.75, 3.05) is 12.3 Å². The van der Waals surface area contributed by atoms with Gasteiger partial charge in [0.05, 0.1) is 12.3 Å².